The van der Waals surface area contributed by atoms with Crippen LogP contribution in [0.1, 0.15) is 46.5 Å². The van der Waals surface area contributed by atoms with Gasteiger partial charge in [0.15, 0.2) is 0 Å². The Morgan fingerprint density at radius 1 is 1.21 bits per heavy atom. The molecule has 1 aliphatic rings. The van der Waals surface area contributed by atoms with E-state index in [1.165, 1.54) is 25.7 Å². The van der Waals surface area contributed by atoms with E-state index >= 15 is 0 Å². The molecule has 0 aliphatic heterocycles. The zero-order chi connectivity index (χ0) is 10.8. The average molecular weight is 198 g/mol. The van der Waals surface area contributed by atoms with Crippen molar-refractivity contribution in [1.82, 2.24) is 4.90 Å². The van der Waals surface area contributed by atoms with Gasteiger partial charge >= 0.3 is 0 Å². The van der Waals surface area contributed by atoms with Gasteiger partial charge < -0.3 is 5.73 Å². The number of likely N-dealkylation sites (N-methyl/N-ethyl adjacent to an activating group) is 1. The van der Waals surface area contributed by atoms with Crippen LogP contribution in [0.2, 0.25) is 0 Å². The van der Waals surface area contributed by atoms with Crippen LogP contribution < -0.4 is 5.73 Å². The number of rotatable bonds is 3. The molecule has 0 radical (unpaired) electrons. The fourth-order valence-corrected chi connectivity index (χ4v) is 2.65. The Morgan fingerprint density at radius 2 is 1.71 bits per heavy atom. The lowest BCUT2D eigenvalue weighted by atomic mass is 9.90. The van der Waals surface area contributed by atoms with Gasteiger partial charge in [0.2, 0.25) is 0 Å². The topological polar surface area (TPSA) is 29.3 Å². The number of nitrogens with zero attached hydrogens (tertiary/aromatic N) is 1. The summed E-state index contributed by atoms with van der Waals surface area (Å²) >= 11 is 0. The Bertz CT molecular complexity index is 175. The summed E-state index contributed by atoms with van der Waals surface area (Å²) in [6.45, 7) is 8.85. The summed E-state index contributed by atoms with van der Waals surface area (Å²) < 4.78 is 0. The number of nitrogens with two attached hydrogens (primary N) is 1. The van der Waals surface area contributed by atoms with Crippen molar-refractivity contribution in [1.29, 1.82) is 0 Å². The minimum absolute atomic E-state index is 0.313. The summed E-state index contributed by atoms with van der Waals surface area (Å²) in [6.07, 6.45) is 5.28. The van der Waals surface area contributed by atoms with Gasteiger partial charge in [-0.25, -0.2) is 0 Å². The maximum absolute atomic E-state index is 5.95. The van der Waals surface area contributed by atoms with E-state index in [1.807, 2.05) is 0 Å². The summed E-state index contributed by atoms with van der Waals surface area (Å²) in [6, 6.07) is 0. The second kappa shape index (κ2) is 4.19. The Hall–Kier alpha value is -0.0800. The van der Waals surface area contributed by atoms with E-state index < -0.39 is 0 Å². The third-order valence-corrected chi connectivity index (χ3v) is 3.44. The molecule has 0 aromatic rings. The zero-order valence-electron chi connectivity index (χ0n) is 10.3. The summed E-state index contributed by atoms with van der Waals surface area (Å²) in [7, 11) is 2.24. The highest BCUT2D eigenvalue weighted by molar-refractivity contribution is 4.95. The van der Waals surface area contributed by atoms with E-state index in [0.29, 0.717) is 11.0 Å². The average Bonchev–Trinajstić information content (AvgIpc) is 2.49. The van der Waals surface area contributed by atoms with Gasteiger partial charge in [0, 0.05) is 18.6 Å². The van der Waals surface area contributed by atoms with Gasteiger partial charge in [-0.1, -0.05) is 33.6 Å². The molecule has 0 atom stereocenters. The summed E-state index contributed by atoms with van der Waals surface area (Å²) in [4.78, 5) is 2.50. The van der Waals surface area contributed by atoms with Crippen LogP contribution in [-0.2, 0) is 0 Å². The van der Waals surface area contributed by atoms with E-state index in [1.54, 1.807) is 0 Å². The molecule has 14 heavy (non-hydrogen) atoms. The zero-order valence-corrected chi connectivity index (χ0v) is 10.3. The molecule has 0 saturated heterocycles. The van der Waals surface area contributed by atoms with E-state index in [0.717, 1.165) is 13.1 Å². The lowest BCUT2D eigenvalue weighted by molar-refractivity contribution is 0.0910. The minimum atomic E-state index is 0.313. The molecule has 0 unspecified atom stereocenters. The SMILES string of the molecule is CN(CC(C)(C)C)C1(CN)CCCC1. The van der Waals surface area contributed by atoms with E-state index in [-0.39, 0.29) is 0 Å². The molecule has 84 valence electrons. The van der Waals surface area contributed by atoms with Crippen molar-refractivity contribution >= 4 is 0 Å². The molecule has 1 rings (SSSR count). The summed E-state index contributed by atoms with van der Waals surface area (Å²) in [5, 5.41) is 0. The Morgan fingerprint density at radius 3 is 2.07 bits per heavy atom. The van der Waals surface area contributed by atoms with Crippen LogP contribution in [0.5, 0.6) is 0 Å². The normalized spacial score (nSPS) is 21.9. The molecule has 0 bridgehead atoms. The third-order valence-electron chi connectivity index (χ3n) is 3.44. The van der Waals surface area contributed by atoms with Gasteiger partial charge in [-0.2, -0.15) is 0 Å². The second-order valence-electron chi connectivity index (χ2n) is 6.05. The molecule has 0 aromatic heterocycles. The van der Waals surface area contributed by atoms with Gasteiger partial charge in [-0.05, 0) is 25.3 Å². The fourth-order valence-electron chi connectivity index (χ4n) is 2.65. The van der Waals surface area contributed by atoms with Gasteiger partial charge in [0.1, 0.15) is 0 Å². The van der Waals surface area contributed by atoms with Gasteiger partial charge in [-0.3, -0.25) is 4.90 Å². The molecule has 2 N–H and O–H groups in total. The molecule has 2 nitrogen and oxygen atoms in total. The predicted octanol–water partition coefficient (Wildman–Crippen LogP) is 2.24. The maximum Gasteiger partial charge on any atom is 0.0328 e. The van der Waals surface area contributed by atoms with E-state index in [4.69, 9.17) is 5.73 Å². The standard InChI is InChI=1S/C12H26N2/c1-11(2,3)10-14(4)12(9-13)7-5-6-8-12/h5-10,13H2,1-4H3. The van der Waals surface area contributed by atoms with Gasteiger partial charge in [0.05, 0.1) is 0 Å². The smallest absolute Gasteiger partial charge is 0.0328 e. The quantitative estimate of drug-likeness (QED) is 0.753. The first kappa shape index (κ1) is 12.0. The lowest BCUT2D eigenvalue weighted by Gasteiger charge is -2.41. The molecule has 1 fully saturated rings. The molecule has 0 amide bonds. The molecule has 0 aromatic carbocycles. The van der Waals surface area contributed by atoms with Crippen LogP contribution in [0.4, 0.5) is 0 Å². The Labute approximate surface area is 88.8 Å². The molecular weight excluding hydrogens is 172 g/mol. The molecule has 1 aliphatic carbocycles. The van der Waals surface area contributed by atoms with Crippen LogP contribution in [0.3, 0.4) is 0 Å². The Kier molecular flexibility index (Phi) is 3.59. The first-order valence-electron chi connectivity index (χ1n) is 5.81. The van der Waals surface area contributed by atoms with Crippen molar-refractivity contribution in [3.8, 4) is 0 Å². The molecule has 2 heteroatoms. The van der Waals surface area contributed by atoms with Crippen LogP contribution >= 0.6 is 0 Å². The van der Waals surface area contributed by atoms with Crippen molar-refractivity contribution in [3.63, 3.8) is 0 Å². The molecule has 0 spiro atoms. The van der Waals surface area contributed by atoms with E-state index in [9.17, 15) is 0 Å². The second-order valence-corrected chi connectivity index (χ2v) is 6.05. The highest BCUT2D eigenvalue weighted by Crippen LogP contribution is 2.35. The largest absolute Gasteiger partial charge is 0.329 e. The minimum Gasteiger partial charge on any atom is -0.329 e. The number of hydrogen-bond donors (Lipinski definition) is 1. The summed E-state index contributed by atoms with van der Waals surface area (Å²) in [5.74, 6) is 0. The first-order chi connectivity index (χ1) is 6.40. The van der Waals surface area contributed by atoms with E-state index in [2.05, 4.69) is 32.7 Å². The number of hydrogen-bond acceptors (Lipinski definition) is 2. The highest BCUT2D eigenvalue weighted by Gasteiger charge is 2.37. The van der Waals surface area contributed by atoms with Crippen molar-refractivity contribution in [2.24, 2.45) is 11.1 Å². The lowest BCUT2D eigenvalue weighted by Crippen LogP contribution is -2.52. The van der Waals surface area contributed by atoms with Crippen molar-refractivity contribution in [2.45, 2.75) is 52.0 Å². The van der Waals surface area contributed by atoms with Crippen LogP contribution in [0, 0.1) is 5.41 Å². The molecule has 1 saturated carbocycles. The van der Waals surface area contributed by atoms with Gasteiger partial charge in [-0.15, -0.1) is 0 Å². The third kappa shape index (κ3) is 2.71. The van der Waals surface area contributed by atoms with Crippen molar-refractivity contribution in [2.75, 3.05) is 20.1 Å². The highest BCUT2D eigenvalue weighted by atomic mass is 15.2. The predicted molar refractivity (Wildman–Crippen MR) is 62.3 cm³/mol. The van der Waals surface area contributed by atoms with Crippen LogP contribution in [0.15, 0.2) is 0 Å². The van der Waals surface area contributed by atoms with Crippen molar-refractivity contribution < 1.29 is 0 Å². The van der Waals surface area contributed by atoms with Crippen LogP contribution in [0.25, 0.3) is 0 Å². The first-order valence-corrected chi connectivity index (χ1v) is 5.81. The molecular formula is C12H26N2. The Balaban J connectivity index is 2.60. The van der Waals surface area contributed by atoms with Crippen LogP contribution in [-0.4, -0.2) is 30.6 Å². The fraction of sp³-hybridized carbons (Fsp3) is 1.00. The van der Waals surface area contributed by atoms with Crippen molar-refractivity contribution in [3.05, 3.63) is 0 Å². The summed E-state index contributed by atoms with van der Waals surface area (Å²) in [5.41, 5.74) is 6.63. The maximum atomic E-state index is 5.95. The van der Waals surface area contributed by atoms with Gasteiger partial charge in [0.25, 0.3) is 0 Å². The monoisotopic (exact) mass is 198 g/mol. The molecule has 0 heterocycles.